The molecule has 0 saturated heterocycles. The minimum atomic E-state index is -5.00. The molecule has 96 valence electrons. The summed E-state index contributed by atoms with van der Waals surface area (Å²) in [6, 6.07) is 0. The molecule has 1 nitrogen and oxygen atoms in total. The van der Waals surface area contributed by atoms with Crippen LogP contribution in [-0.2, 0) is 4.74 Å². The Morgan fingerprint density at radius 3 is 2.12 bits per heavy atom. The molecule has 16 heavy (non-hydrogen) atoms. The van der Waals surface area contributed by atoms with Crippen molar-refractivity contribution in [2.45, 2.75) is 31.9 Å². The topological polar surface area (TPSA) is 9.23 Å². The van der Waals surface area contributed by atoms with E-state index >= 15 is 0 Å². The maximum Gasteiger partial charge on any atom is 0.417 e. The SMILES string of the molecule is CCOC(CC(=C(F)F)C(F)(F)F)SCC. The smallest absolute Gasteiger partial charge is 0.368 e. The molecule has 0 aliphatic heterocycles. The molecule has 0 rings (SSSR count). The molecule has 1 unspecified atom stereocenters. The second kappa shape index (κ2) is 7.11. The lowest BCUT2D eigenvalue weighted by molar-refractivity contribution is -0.100. The molecule has 1 atom stereocenters. The molecule has 7 heteroatoms. The molecular weight excluding hydrogens is 251 g/mol. The van der Waals surface area contributed by atoms with Gasteiger partial charge in [0.15, 0.2) is 0 Å². The van der Waals surface area contributed by atoms with Gasteiger partial charge in [0.25, 0.3) is 6.08 Å². The Hall–Kier alpha value is -0.300. The van der Waals surface area contributed by atoms with Gasteiger partial charge in [-0.25, -0.2) is 0 Å². The zero-order chi connectivity index (χ0) is 12.8. The van der Waals surface area contributed by atoms with Crippen LogP contribution in [0.2, 0.25) is 0 Å². The Morgan fingerprint density at radius 2 is 1.81 bits per heavy atom. The van der Waals surface area contributed by atoms with E-state index in [0.717, 1.165) is 11.8 Å². The van der Waals surface area contributed by atoms with Crippen molar-refractivity contribution in [3.63, 3.8) is 0 Å². The fourth-order valence-electron chi connectivity index (χ4n) is 1.00. The van der Waals surface area contributed by atoms with Gasteiger partial charge < -0.3 is 4.74 Å². The fraction of sp³-hybridized carbons (Fsp3) is 0.778. The highest BCUT2D eigenvalue weighted by atomic mass is 32.2. The van der Waals surface area contributed by atoms with E-state index in [2.05, 4.69) is 0 Å². The van der Waals surface area contributed by atoms with E-state index < -0.39 is 29.7 Å². The number of rotatable bonds is 6. The van der Waals surface area contributed by atoms with Crippen molar-refractivity contribution in [2.75, 3.05) is 12.4 Å². The van der Waals surface area contributed by atoms with Gasteiger partial charge in [0, 0.05) is 13.0 Å². The van der Waals surface area contributed by atoms with E-state index in [1.54, 1.807) is 13.8 Å². The van der Waals surface area contributed by atoms with Crippen LogP contribution in [0.3, 0.4) is 0 Å². The molecular formula is C9H13F5OS. The van der Waals surface area contributed by atoms with Crippen LogP contribution in [0, 0.1) is 0 Å². The van der Waals surface area contributed by atoms with Crippen molar-refractivity contribution in [1.82, 2.24) is 0 Å². The van der Waals surface area contributed by atoms with Crippen LogP contribution in [0.5, 0.6) is 0 Å². The van der Waals surface area contributed by atoms with E-state index in [9.17, 15) is 22.0 Å². The summed E-state index contributed by atoms with van der Waals surface area (Å²) in [6.45, 7) is 3.52. The Labute approximate surface area is 95.0 Å². The average Bonchev–Trinajstić information content (AvgIpc) is 2.12. The lowest BCUT2D eigenvalue weighted by Gasteiger charge is -2.18. The summed E-state index contributed by atoms with van der Waals surface area (Å²) >= 11 is 1.07. The minimum absolute atomic E-state index is 0.191. The van der Waals surface area contributed by atoms with Crippen molar-refractivity contribution >= 4 is 11.8 Å². The molecule has 0 saturated carbocycles. The van der Waals surface area contributed by atoms with Crippen LogP contribution in [0.1, 0.15) is 20.3 Å². The molecule has 0 radical (unpaired) electrons. The first-order valence-corrected chi connectivity index (χ1v) is 5.72. The summed E-state index contributed by atoms with van der Waals surface area (Å²) in [5.74, 6) is 0.504. The molecule has 0 bridgehead atoms. The lowest BCUT2D eigenvalue weighted by atomic mass is 10.2. The summed E-state index contributed by atoms with van der Waals surface area (Å²) in [5.41, 5.74) is -2.68. The number of ether oxygens (including phenoxy) is 1. The average molecular weight is 264 g/mol. The maximum absolute atomic E-state index is 12.2. The summed E-state index contributed by atoms with van der Waals surface area (Å²) in [4.78, 5) is 0. The molecule has 0 heterocycles. The first-order valence-electron chi connectivity index (χ1n) is 4.67. The molecule has 0 aromatic carbocycles. The van der Waals surface area contributed by atoms with Crippen molar-refractivity contribution in [1.29, 1.82) is 0 Å². The number of hydrogen-bond acceptors (Lipinski definition) is 2. The highest BCUT2D eigenvalue weighted by Crippen LogP contribution is 2.35. The van der Waals surface area contributed by atoms with Crippen molar-refractivity contribution in [3.05, 3.63) is 11.7 Å². The maximum atomic E-state index is 12.2. The van der Waals surface area contributed by atoms with Crippen LogP contribution in [-0.4, -0.2) is 24.0 Å². The van der Waals surface area contributed by atoms with Crippen LogP contribution in [0.15, 0.2) is 11.7 Å². The van der Waals surface area contributed by atoms with Crippen molar-refractivity contribution in [2.24, 2.45) is 0 Å². The third-order valence-corrected chi connectivity index (χ3v) is 2.65. The summed E-state index contributed by atoms with van der Waals surface area (Å²) < 4.78 is 65.8. The molecule has 0 spiro atoms. The van der Waals surface area contributed by atoms with E-state index in [0.29, 0.717) is 5.75 Å². The normalized spacial score (nSPS) is 13.7. The van der Waals surface area contributed by atoms with E-state index in [4.69, 9.17) is 4.74 Å². The van der Waals surface area contributed by atoms with Gasteiger partial charge in [-0.05, 0) is 12.7 Å². The highest BCUT2D eigenvalue weighted by Gasteiger charge is 2.39. The third-order valence-electron chi connectivity index (χ3n) is 1.65. The molecule has 0 aliphatic carbocycles. The minimum Gasteiger partial charge on any atom is -0.368 e. The standard InChI is InChI=1S/C9H13F5OS/c1-3-15-7(16-4-2)5-6(8(10)11)9(12,13)14/h7H,3-5H2,1-2H3. The third kappa shape index (κ3) is 5.69. The highest BCUT2D eigenvalue weighted by molar-refractivity contribution is 7.99. The number of halogens is 5. The monoisotopic (exact) mass is 264 g/mol. The first kappa shape index (κ1) is 15.7. The fourth-order valence-corrected chi connectivity index (χ4v) is 1.89. The van der Waals surface area contributed by atoms with Crippen molar-refractivity contribution in [3.8, 4) is 0 Å². The lowest BCUT2D eigenvalue weighted by Crippen LogP contribution is -2.19. The molecule has 0 amide bonds. The number of hydrogen-bond donors (Lipinski definition) is 0. The predicted octanol–water partition coefficient (Wildman–Crippen LogP) is 4.21. The van der Waals surface area contributed by atoms with Gasteiger partial charge in [-0.3, -0.25) is 0 Å². The quantitative estimate of drug-likeness (QED) is 0.525. The van der Waals surface area contributed by atoms with Gasteiger partial charge in [-0.2, -0.15) is 22.0 Å². The molecule has 0 aliphatic rings. The van der Waals surface area contributed by atoms with E-state index in [-0.39, 0.29) is 6.61 Å². The predicted molar refractivity (Wildman–Crippen MR) is 53.5 cm³/mol. The van der Waals surface area contributed by atoms with Gasteiger partial charge in [-0.1, -0.05) is 6.92 Å². The summed E-state index contributed by atoms with van der Waals surface area (Å²) in [6.07, 6.45) is -8.50. The molecule has 0 fully saturated rings. The van der Waals surface area contributed by atoms with Crippen LogP contribution < -0.4 is 0 Å². The molecule has 0 aromatic rings. The molecule has 0 aromatic heterocycles. The van der Waals surface area contributed by atoms with Gasteiger partial charge in [-0.15, -0.1) is 11.8 Å². The Balaban J connectivity index is 4.67. The van der Waals surface area contributed by atoms with Crippen LogP contribution >= 0.6 is 11.8 Å². The van der Waals surface area contributed by atoms with Gasteiger partial charge in [0.05, 0.1) is 0 Å². The van der Waals surface area contributed by atoms with Crippen LogP contribution in [0.25, 0.3) is 0 Å². The zero-order valence-electron chi connectivity index (χ0n) is 8.90. The van der Waals surface area contributed by atoms with Gasteiger partial charge >= 0.3 is 6.18 Å². The Bertz CT molecular complexity index is 229. The second-order valence-corrected chi connectivity index (χ2v) is 4.22. The Morgan fingerprint density at radius 1 is 1.25 bits per heavy atom. The van der Waals surface area contributed by atoms with E-state index in [1.165, 1.54) is 0 Å². The second-order valence-electron chi connectivity index (χ2n) is 2.78. The first-order chi connectivity index (χ1) is 7.32. The number of alkyl halides is 3. The zero-order valence-corrected chi connectivity index (χ0v) is 9.72. The summed E-state index contributed by atoms with van der Waals surface area (Å²) in [7, 11) is 0. The van der Waals surface area contributed by atoms with Crippen molar-refractivity contribution < 1.29 is 26.7 Å². The molecule has 0 N–H and O–H groups in total. The van der Waals surface area contributed by atoms with Crippen LogP contribution in [0.4, 0.5) is 22.0 Å². The van der Waals surface area contributed by atoms with Gasteiger partial charge in [0.1, 0.15) is 11.0 Å². The van der Waals surface area contributed by atoms with E-state index in [1.807, 2.05) is 0 Å². The van der Waals surface area contributed by atoms with Gasteiger partial charge in [0.2, 0.25) is 0 Å². The Kier molecular flexibility index (Phi) is 6.98. The number of thioether (sulfide) groups is 1. The largest absolute Gasteiger partial charge is 0.417 e. The summed E-state index contributed by atoms with van der Waals surface area (Å²) in [5, 5.41) is 0.